The highest BCUT2D eigenvalue weighted by molar-refractivity contribution is 7.89. The Morgan fingerprint density at radius 1 is 1.39 bits per heavy atom. The van der Waals surface area contributed by atoms with Gasteiger partial charge in [0.25, 0.3) is 5.69 Å². The van der Waals surface area contributed by atoms with Gasteiger partial charge in [0.2, 0.25) is 10.0 Å². The minimum atomic E-state index is -3.86. The fourth-order valence-corrected chi connectivity index (χ4v) is 5.70. The summed E-state index contributed by atoms with van der Waals surface area (Å²) in [6.45, 7) is 1.48. The first-order chi connectivity index (χ1) is 10.7. The molecule has 2 fully saturated rings. The third kappa shape index (κ3) is 2.40. The van der Waals surface area contributed by atoms with Crippen LogP contribution in [0.4, 0.5) is 5.69 Å². The first-order valence-corrected chi connectivity index (χ1v) is 8.69. The van der Waals surface area contributed by atoms with E-state index < -0.39 is 32.9 Å². The van der Waals surface area contributed by atoms with Crippen LogP contribution in [-0.4, -0.2) is 40.8 Å². The summed E-state index contributed by atoms with van der Waals surface area (Å²) >= 11 is 0. The number of carboxylic acid groups (broad SMARTS) is 1. The lowest BCUT2D eigenvalue weighted by Gasteiger charge is -2.22. The zero-order chi connectivity index (χ0) is 16.9. The molecule has 3 rings (SSSR count). The van der Waals surface area contributed by atoms with Gasteiger partial charge in [-0.2, -0.15) is 4.31 Å². The molecular weight excluding hydrogens is 324 g/mol. The summed E-state index contributed by atoms with van der Waals surface area (Å²) in [5.74, 6) is -1.65. The molecule has 2 bridgehead atoms. The molecular formula is C14H16N2O6S. The van der Waals surface area contributed by atoms with Crippen molar-refractivity contribution < 1.29 is 23.2 Å². The number of nitrogens with zero attached hydrogens (tertiary/aromatic N) is 2. The van der Waals surface area contributed by atoms with Gasteiger partial charge in [-0.05, 0) is 38.3 Å². The highest BCUT2D eigenvalue weighted by atomic mass is 32.2. The number of nitro benzene ring substituents is 1. The smallest absolute Gasteiger partial charge is 0.308 e. The molecule has 2 aliphatic rings. The van der Waals surface area contributed by atoms with E-state index in [0.29, 0.717) is 19.3 Å². The highest BCUT2D eigenvalue weighted by Gasteiger charge is 2.54. The summed E-state index contributed by atoms with van der Waals surface area (Å²) < 4.78 is 27.0. The molecule has 1 aromatic carbocycles. The van der Waals surface area contributed by atoms with Crippen LogP contribution < -0.4 is 0 Å². The van der Waals surface area contributed by atoms with E-state index in [1.807, 2.05) is 0 Å². The van der Waals surface area contributed by atoms with Crippen LogP contribution in [0, 0.1) is 23.0 Å². The molecule has 3 unspecified atom stereocenters. The predicted octanol–water partition coefficient (Wildman–Crippen LogP) is 1.53. The van der Waals surface area contributed by atoms with Crippen LogP contribution in [0.5, 0.6) is 0 Å². The van der Waals surface area contributed by atoms with Gasteiger partial charge in [0.1, 0.15) is 0 Å². The topological polar surface area (TPSA) is 118 Å². The summed E-state index contributed by atoms with van der Waals surface area (Å²) in [5, 5.41) is 20.1. The van der Waals surface area contributed by atoms with Crippen LogP contribution >= 0.6 is 0 Å². The van der Waals surface area contributed by atoms with Crippen LogP contribution in [0.2, 0.25) is 0 Å². The Morgan fingerprint density at radius 3 is 2.61 bits per heavy atom. The molecule has 124 valence electrons. The Morgan fingerprint density at radius 2 is 2.09 bits per heavy atom. The summed E-state index contributed by atoms with van der Waals surface area (Å²) in [4.78, 5) is 21.5. The number of hydrogen-bond acceptors (Lipinski definition) is 5. The number of carbonyl (C=O) groups is 1. The second-order valence-corrected chi connectivity index (χ2v) is 7.86. The molecule has 9 heteroatoms. The van der Waals surface area contributed by atoms with Crippen molar-refractivity contribution in [2.75, 3.05) is 0 Å². The maximum atomic E-state index is 12.9. The highest BCUT2D eigenvalue weighted by Crippen LogP contribution is 2.45. The summed E-state index contributed by atoms with van der Waals surface area (Å²) in [5.41, 5.74) is 0.120. The normalized spacial score (nSPS) is 27.3. The summed E-state index contributed by atoms with van der Waals surface area (Å²) in [7, 11) is -3.86. The van der Waals surface area contributed by atoms with E-state index in [1.165, 1.54) is 29.4 Å². The molecule has 1 N–H and O–H groups in total. The van der Waals surface area contributed by atoms with E-state index in [4.69, 9.17) is 0 Å². The third-order valence-corrected chi connectivity index (χ3v) is 6.70. The predicted molar refractivity (Wildman–Crippen MR) is 79.4 cm³/mol. The SMILES string of the molecule is Cc1cc(S(=O)(=O)N2C3CCC2C(C(=O)O)C3)ccc1[N+](=O)[O-]. The van der Waals surface area contributed by atoms with Gasteiger partial charge >= 0.3 is 5.97 Å². The molecule has 0 aromatic heterocycles. The first-order valence-electron chi connectivity index (χ1n) is 7.25. The number of carboxylic acids is 1. The lowest BCUT2D eigenvalue weighted by molar-refractivity contribution is -0.385. The van der Waals surface area contributed by atoms with Crippen LogP contribution in [0.15, 0.2) is 23.1 Å². The Bertz CT molecular complexity index is 790. The quantitative estimate of drug-likeness (QED) is 0.656. The summed E-state index contributed by atoms with van der Waals surface area (Å²) in [6.07, 6.45) is 1.51. The second-order valence-electron chi connectivity index (χ2n) is 6.02. The minimum Gasteiger partial charge on any atom is -0.481 e. The van der Waals surface area contributed by atoms with Gasteiger partial charge in [-0.1, -0.05) is 0 Å². The number of nitro groups is 1. The first kappa shape index (κ1) is 15.9. The summed E-state index contributed by atoms with van der Waals surface area (Å²) in [6, 6.07) is 2.84. The van der Waals surface area contributed by atoms with Crippen molar-refractivity contribution in [3.05, 3.63) is 33.9 Å². The van der Waals surface area contributed by atoms with E-state index in [0.717, 1.165) is 0 Å². The molecule has 1 aromatic rings. The lowest BCUT2D eigenvalue weighted by Crippen LogP contribution is -2.37. The molecule has 2 saturated heterocycles. The molecule has 23 heavy (non-hydrogen) atoms. The third-order valence-electron chi connectivity index (χ3n) is 4.73. The molecule has 0 aliphatic carbocycles. The van der Waals surface area contributed by atoms with Crippen LogP contribution in [0.1, 0.15) is 24.8 Å². The van der Waals surface area contributed by atoms with E-state index in [2.05, 4.69) is 0 Å². The number of sulfonamides is 1. The largest absolute Gasteiger partial charge is 0.481 e. The van der Waals surface area contributed by atoms with E-state index in [-0.39, 0.29) is 22.2 Å². The van der Waals surface area contributed by atoms with Gasteiger partial charge in [-0.15, -0.1) is 0 Å². The van der Waals surface area contributed by atoms with Crippen molar-refractivity contribution in [3.8, 4) is 0 Å². The van der Waals surface area contributed by atoms with Crippen LogP contribution in [-0.2, 0) is 14.8 Å². The van der Waals surface area contributed by atoms with Gasteiger partial charge in [0, 0.05) is 23.7 Å². The molecule has 0 amide bonds. The number of aliphatic carboxylic acids is 1. The number of aryl methyl sites for hydroxylation is 1. The van der Waals surface area contributed by atoms with Crippen molar-refractivity contribution >= 4 is 21.7 Å². The Balaban J connectivity index is 1.98. The van der Waals surface area contributed by atoms with Crippen molar-refractivity contribution in [1.29, 1.82) is 0 Å². The maximum Gasteiger partial charge on any atom is 0.308 e. The van der Waals surface area contributed by atoms with Crippen LogP contribution in [0.25, 0.3) is 0 Å². The molecule has 8 nitrogen and oxygen atoms in total. The lowest BCUT2D eigenvalue weighted by atomic mass is 9.89. The van der Waals surface area contributed by atoms with Gasteiger partial charge in [-0.3, -0.25) is 14.9 Å². The average molecular weight is 340 g/mol. The number of hydrogen-bond donors (Lipinski definition) is 1. The van der Waals surface area contributed by atoms with Crippen LogP contribution in [0.3, 0.4) is 0 Å². The van der Waals surface area contributed by atoms with Gasteiger partial charge in [-0.25, -0.2) is 8.42 Å². The minimum absolute atomic E-state index is 0.0245. The molecule has 3 atom stereocenters. The monoisotopic (exact) mass is 340 g/mol. The molecule has 2 aliphatic heterocycles. The maximum absolute atomic E-state index is 12.9. The van der Waals surface area contributed by atoms with Gasteiger partial charge in [0.05, 0.1) is 15.7 Å². The van der Waals surface area contributed by atoms with Crippen molar-refractivity contribution in [3.63, 3.8) is 0 Å². The second kappa shape index (κ2) is 5.27. The fraction of sp³-hybridized carbons (Fsp3) is 0.500. The fourth-order valence-electron chi connectivity index (χ4n) is 3.69. The zero-order valence-electron chi connectivity index (χ0n) is 12.4. The molecule has 0 radical (unpaired) electrons. The Hall–Kier alpha value is -2.00. The van der Waals surface area contributed by atoms with Crippen molar-refractivity contribution in [2.45, 2.75) is 43.2 Å². The standard InChI is InChI=1S/C14H16N2O6S/c1-8-6-10(3-5-12(8)16(19)20)23(21,22)15-9-2-4-13(15)11(7-9)14(17)18/h3,5-6,9,11,13H,2,4,7H2,1H3,(H,17,18). The number of fused-ring (bicyclic) bond motifs is 2. The van der Waals surface area contributed by atoms with E-state index in [1.54, 1.807) is 0 Å². The molecule has 0 spiro atoms. The van der Waals surface area contributed by atoms with Gasteiger partial charge < -0.3 is 5.11 Å². The van der Waals surface area contributed by atoms with Crippen molar-refractivity contribution in [2.24, 2.45) is 5.92 Å². The Kier molecular flexibility index (Phi) is 3.64. The van der Waals surface area contributed by atoms with Crippen molar-refractivity contribution in [1.82, 2.24) is 4.31 Å². The number of benzene rings is 1. The Labute approximate surface area is 132 Å². The molecule has 0 saturated carbocycles. The average Bonchev–Trinajstić information content (AvgIpc) is 3.05. The zero-order valence-corrected chi connectivity index (χ0v) is 13.2. The van der Waals surface area contributed by atoms with E-state index >= 15 is 0 Å². The van der Waals surface area contributed by atoms with Gasteiger partial charge in [0.15, 0.2) is 0 Å². The molecule has 2 heterocycles. The number of rotatable bonds is 4. The van der Waals surface area contributed by atoms with E-state index in [9.17, 15) is 28.4 Å².